The smallest absolute Gasteiger partial charge is 0.312 e. The van der Waals surface area contributed by atoms with Crippen LogP contribution in [0.25, 0.3) is 0 Å². The molecule has 0 bridgehead atoms. The average Bonchev–Trinajstić information content (AvgIpc) is 2.15. The predicted molar refractivity (Wildman–Crippen MR) is 46.9 cm³/mol. The topological polar surface area (TPSA) is 12.0 Å². The van der Waals surface area contributed by atoms with Crippen LogP contribution in [-0.4, -0.2) is 6.54 Å². The van der Waals surface area contributed by atoms with Gasteiger partial charge in [-0.2, -0.15) is 13.2 Å². The van der Waals surface area contributed by atoms with Gasteiger partial charge < -0.3 is 5.32 Å². The fourth-order valence-corrected chi connectivity index (χ4v) is 1.80. The summed E-state index contributed by atoms with van der Waals surface area (Å²) in [7, 11) is 0. The van der Waals surface area contributed by atoms with Crippen LogP contribution in [0.4, 0.5) is 13.2 Å². The summed E-state index contributed by atoms with van der Waals surface area (Å²) in [6.45, 7) is 1.17. The minimum Gasteiger partial charge on any atom is -0.312 e. The third-order valence-corrected chi connectivity index (χ3v) is 2.45. The molecule has 0 atom stereocenters. The van der Waals surface area contributed by atoms with Crippen molar-refractivity contribution in [2.75, 3.05) is 6.54 Å². The summed E-state index contributed by atoms with van der Waals surface area (Å²) in [5.41, 5.74) is 0.751. The van der Waals surface area contributed by atoms with Crippen LogP contribution in [0.2, 0.25) is 0 Å². The van der Waals surface area contributed by atoms with Gasteiger partial charge in [-0.05, 0) is 30.2 Å². The molecule has 2 rings (SSSR count). The molecule has 0 radical (unpaired) electrons. The maximum absolute atomic E-state index is 12.6. The van der Waals surface area contributed by atoms with Gasteiger partial charge in [0.25, 0.3) is 0 Å². The maximum Gasteiger partial charge on any atom is 0.416 e. The molecule has 1 N–H and O–H groups in total. The van der Waals surface area contributed by atoms with Gasteiger partial charge in [-0.1, -0.05) is 12.1 Å². The van der Waals surface area contributed by atoms with Crippen LogP contribution in [0.3, 0.4) is 0 Å². The van der Waals surface area contributed by atoms with Gasteiger partial charge >= 0.3 is 6.18 Å². The van der Waals surface area contributed by atoms with E-state index in [4.69, 9.17) is 0 Å². The molecule has 0 saturated carbocycles. The highest BCUT2D eigenvalue weighted by Gasteiger charge is 2.34. The van der Waals surface area contributed by atoms with Crippen molar-refractivity contribution in [3.63, 3.8) is 0 Å². The minimum atomic E-state index is -4.22. The van der Waals surface area contributed by atoms with Gasteiger partial charge in [-0.15, -0.1) is 0 Å². The Morgan fingerprint density at radius 2 is 2.00 bits per heavy atom. The molecule has 1 aliphatic heterocycles. The summed E-state index contributed by atoms with van der Waals surface area (Å²) in [6.07, 6.45) is -3.76. The molecule has 76 valence electrons. The zero-order valence-electron chi connectivity index (χ0n) is 7.49. The third kappa shape index (κ3) is 1.62. The van der Waals surface area contributed by atoms with Gasteiger partial charge in [0.2, 0.25) is 0 Å². The number of rotatable bonds is 0. The Bertz CT molecular complexity index is 344. The minimum absolute atomic E-state index is 0.457. The number of fused-ring (bicyclic) bond motifs is 1. The van der Waals surface area contributed by atoms with E-state index >= 15 is 0 Å². The van der Waals surface area contributed by atoms with Crippen LogP contribution in [0.5, 0.6) is 0 Å². The van der Waals surface area contributed by atoms with E-state index in [1.165, 1.54) is 6.07 Å². The Hall–Kier alpha value is -1.03. The van der Waals surface area contributed by atoms with Crippen molar-refractivity contribution in [2.45, 2.75) is 19.1 Å². The zero-order chi connectivity index (χ0) is 10.2. The third-order valence-electron chi connectivity index (χ3n) is 2.45. The fraction of sp³-hybridized carbons (Fsp3) is 0.400. The summed E-state index contributed by atoms with van der Waals surface area (Å²) < 4.78 is 37.7. The summed E-state index contributed by atoms with van der Waals surface area (Å²) in [5, 5.41) is 3.05. The van der Waals surface area contributed by atoms with Gasteiger partial charge in [0, 0.05) is 6.54 Å². The Kier molecular flexibility index (Phi) is 2.23. The largest absolute Gasteiger partial charge is 0.416 e. The lowest BCUT2D eigenvalue weighted by atomic mass is 9.95. The van der Waals surface area contributed by atoms with Crippen LogP contribution in [0.1, 0.15) is 16.7 Å². The lowest BCUT2D eigenvalue weighted by Gasteiger charge is -2.21. The summed E-state index contributed by atoms with van der Waals surface area (Å²) in [4.78, 5) is 0. The number of hydrogen-bond donors (Lipinski definition) is 1. The lowest BCUT2D eigenvalue weighted by Crippen LogP contribution is -2.26. The predicted octanol–water partition coefficient (Wildman–Crippen LogP) is 2.35. The van der Waals surface area contributed by atoms with Crippen LogP contribution in [-0.2, 0) is 19.1 Å². The monoisotopic (exact) mass is 201 g/mol. The highest BCUT2D eigenvalue weighted by molar-refractivity contribution is 5.38. The molecule has 14 heavy (non-hydrogen) atoms. The SMILES string of the molecule is FC(F)(F)c1cccc2c1CCNC2. The molecule has 0 aromatic heterocycles. The first kappa shape index (κ1) is 9.52. The van der Waals surface area contributed by atoms with Crippen molar-refractivity contribution in [2.24, 2.45) is 0 Å². The van der Waals surface area contributed by atoms with Crippen molar-refractivity contribution in [1.29, 1.82) is 0 Å². The van der Waals surface area contributed by atoms with E-state index in [1.54, 1.807) is 6.07 Å². The highest BCUT2D eigenvalue weighted by Crippen LogP contribution is 2.34. The Labute approximate surface area is 79.9 Å². The van der Waals surface area contributed by atoms with Crippen LogP contribution in [0, 0.1) is 0 Å². The molecule has 0 spiro atoms. The van der Waals surface area contributed by atoms with Crippen molar-refractivity contribution in [1.82, 2.24) is 5.32 Å². The molecular formula is C10H10F3N. The molecule has 1 aliphatic rings. The molecule has 0 aliphatic carbocycles. The van der Waals surface area contributed by atoms with Crippen molar-refractivity contribution >= 4 is 0 Å². The first-order valence-corrected chi connectivity index (χ1v) is 4.48. The number of hydrogen-bond acceptors (Lipinski definition) is 1. The summed E-state index contributed by atoms with van der Waals surface area (Å²) >= 11 is 0. The summed E-state index contributed by atoms with van der Waals surface area (Å²) in [6, 6.07) is 4.37. The Morgan fingerprint density at radius 1 is 1.21 bits per heavy atom. The van der Waals surface area contributed by atoms with E-state index < -0.39 is 11.7 Å². The second-order valence-corrected chi connectivity index (χ2v) is 3.37. The van der Waals surface area contributed by atoms with E-state index in [2.05, 4.69) is 5.32 Å². The van der Waals surface area contributed by atoms with Crippen molar-refractivity contribution in [3.05, 3.63) is 34.9 Å². The van der Waals surface area contributed by atoms with Gasteiger partial charge in [0.1, 0.15) is 0 Å². The van der Waals surface area contributed by atoms with Gasteiger partial charge in [0.15, 0.2) is 0 Å². The molecule has 0 saturated heterocycles. The molecule has 1 heterocycles. The van der Waals surface area contributed by atoms with E-state index in [1.807, 2.05) is 0 Å². The van der Waals surface area contributed by atoms with E-state index in [9.17, 15) is 13.2 Å². The fourth-order valence-electron chi connectivity index (χ4n) is 1.80. The van der Waals surface area contributed by atoms with E-state index in [0.29, 0.717) is 25.1 Å². The van der Waals surface area contributed by atoms with E-state index in [-0.39, 0.29) is 0 Å². The molecule has 0 amide bonds. The number of nitrogens with one attached hydrogen (secondary N) is 1. The zero-order valence-corrected chi connectivity index (χ0v) is 7.49. The first-order chi connectivity index (χ1) is 6.59. The van der Waals surface area contributed by atoms with Crippen LogP contribution < -0.4 is 5.32 Å². The molecule has 0 unspecified atom stereocenters. The molecule has 1 nitrogen and oxygen atoms in total. The number of benzene rings is 1. The van der Waals surface area contributed by atoms with Crippen LogP contribution >= 0.6 is 0 Å². The molecule has 1 aromatic carbocycles. The second-order valence-electron chi connectivity index (χ2n) is 3.37. The second kappa shape index (κ2) is 3.28. The molecule has 0 fully saturated rings. The van der Waals surface area contributed by atoms with Gasteiger partial charge in [-0.25, -0.2) is 0 Å². The first-order valence-electron chi connectivity index (χ1n) is 4.48. The Morgan fingerprint density at radius 3 is 2.71 bits per heavy atom. The maximum atomic E-state index is 12.6. The van der Waals surface area contributed by atoms with Crippen LogP contribution in [0.15, 0.2) is 18.2 Å². The van der Waals surface area contributed by atoms with E-state index in [0.717, 1.165) is 11.6 Å². The molecule has 4 heteroatoms. The molecule has 1 aromatic rings. The lowest BCUT2D eigenvalue weighted by molar-refractivity contribution is -0.138. The van der Waals surface area contributed by atoms with Crippen molar-refractivity contribution < 1.29 is 13.2 Å². The summed E-state index contributed by atoms with van der Waals surface area (Å²) in [5.74, 6) is 0. The number of halogens is 3. The Balaban J connectivity index is 2.51. The normalized spacial score (nSPS) is 16.5. The highest BCUT2D eigenvalue weighted by atomic mass is 19.4. The average molecular weight is 201 g/mol. The molecular weight excluding hydrogens is 191 g/mol. The van der Waals surface area contributed by atoms with Gasteiger partial charge in [-0.3, -0.25) is 0 Å². The van der Waals surface area contributed by atoms with Gasteiger partial charge in [0.05, 0.1) is 5.56 Å². The quantitative estimate of drug-likeness (QED) is 0.679. The van der Waals surface area contributed by atoms with Crippen molar-refractivity contribution in [3.8, 4) is 0 Å². The number of alkyl halides is 3. The standard InChI is InChI=1S/C10H10F3N/c11-10(12,13)9-3-1-2-7-6-14-5-4-8(7)9/h1-3,14H,4-6H2.